The number of nitrogens with one attached hydrogen (secondary N) is 1. The highest BCUT2D eigenvalue weighted by molar-refractivity contribution is 7.92. The van der Waals surface area contributed by atoms with Gasteiger partial charge in [0.1, 0.15) is 18.4 Å². The first-order valence-electron chi connectivity index (χ1n) is 12.7. The average molecular weight is 609 g/mol. The molecule has 0 heterocycles. The molecule has 0 spiro atoms. The van der Waals surface area contributed by atoms with Gasteiger partial charge in [0.15, 0.2) is 0 Å². The van der Waals surface area contributed by atoms with Gasteiger partial charge in [0.2, 0.25) is 11.8 Å². The average Bonchev–Trinajstić information content (AvgIpc) is 2.88. The lowest BCUT2D eigenvalue weighted by atomic mass is 10.1. The van der Waals surface area contributed by atoms with Crippen LogP contribution in [0.4, 0.5) is 10.1 Å². The fourth-order valence-corrected chi connectivity index (χ4v) is 6.03. The molecule has 3 aromatic rings. The van der Waals surface area contributed by atoms with E-state index in [4.69, 9.17) is 23.2 Å². The Morgan fingerprint density at radius 3 is 2.23 bits per heavy atom. The number of aryl methyl sites for hydroxylation is 1. The molecule has 0 aliphatic rings. The zero-order chi connectivity index (χ0) is 29.6. The second-order valence-corrected chi connectivity index (χ2v) is 12.3. The van der Waals surface area contributed by atoms with Crippen LogP contribution < -0.4 is 9.62 Å². The summed E-state index contributed by atoms with van der Waals surface area (Å²) in [5.41, 5.74) is 1.05. The summed E-state index contributed by atoms with van der Waals surface area (Å²) in [5.74, 6) is -1.94. The summed E-state index contributed by atoms with van der Waals surface area (Å²) in [7, 11) is -4.38. The van der Waals surface area contributed by atoms with Crippen molar-refractivity contribution in [3.63, 3.8) is 0 Å². The molecule has 0 radical (unpaired) electrons. The van der Waals surface area contributed by atoms with Crippen molar-refractivity contribution in [3.05, 3.63) is 93.7 Å². The van der Waals surface area contributed by atoms with Crippen LogP contribution in [-0.2, 0) is 26.2 Å². The van der Waals surface area contributed by atoms with Crippen LogP contribution in [0.1, 0.15) is 38.3 Å². The van der Waals surface area contributed by atoms with Crippen molar-refractivity contribution in [1.29, 1.82) is 0 Å². The summed E-state index contributed by atoms with van der Waals surface area (Å²) in [5, 5.41) is 3.49. The molecule has 0 unspecified atom stereocenters. The number of benzene rings is 3. The van der Waals surface area contributed by atoms with Crippen LogP contribution in [0.3, 0.4) is 0 Å². The number of para-hydroxylation sites is 1. The second-order valence-electron chi connectivity index (χ2n) is 9.62. The van der Waals surface area contributed by atoms with Crippen molar-refractivity contribution in [2.45, 2.75) is 57.6 Å². The maximum atomic E-state index is 15.0. The molecule has 0 bridgehead atoms. The molecule has 0 aromatic heterocycles. The van der Waals surface area contributed by atoms with Crippen molar-refractivity contribution in [2.75, 3.05) is 10.8 Å². The number of amides is 2. The molecule has 1 atom stereocenters. The molecule has 0 saturated carbocycles. The van der Waals surface area contributed by atoms with Gasteiger partial charge < -0.3 is 10.2 Å². The van der Waals surface area contributed by atoms with Crippen LogP contribution in [0.5, 0.6) is 0 Å². The highest BCUT2D eigenvalue weighted by Crippen LogP contribution is 2.28. The van der Waals surface area contributed by atoms with E-state index in [0.29, 0.717) is 10.6 Å². The summed E-state index contributed by atoms with van der Waals surface area (Å²) in [6, 6.07) is 15.0. The van der Waals surface area contributed by atoms with Crippen molar-refractivity contribution < 1.29 is 22.4 Å². The predicted molar refractivity (Wildman–Crippen MR) is 156 cm³/mol. The van der Waals surface area contributed by atoms with E-state index < -0.39 is 40.2 Å². The largest absolute Gasteiger partial charge is 0.352 e. The van der Waals surface area contributed by atoms with E-state index in [0.717, 1.165) is 15.9 Å². The maximum Gasteiger partial charge on any atom is 0.264 e. The van der Waals surface area contributed by atoms with Crippen LogP contribution in [0.2, 0.25) is 10.0 Å². The fourth-order valence-electron chi connectivity index (χ4n) is 4.14. The lowest BCUT2D eigenvalue weighted by Gasteiger charge is -2.33. The number of hydrogen-bond acceptors (Lipinski definition) is 4. The van der Waals surface area contributed by atoms with Crippen LogP contribution in [0.15, 0.2) is 71.6 Å². The smallest absolute Gasteiger partial charge is 0.264 e. The molecule has 1 N–H and O–H groups in total. The highest BCUT2D eigenvalue weighted by Gasteiger charge is 2.35. The minimum absolute atomic E-state index is 0.103. The quantitative estimate of drug-likeness (QED) is 0.291. The molecular weight excluding hydrogens is 576 g/mol. The van der Waals surface area contributed by atoms with Crippen LogP contribution >= 0.6 is 23.2 Å². The number of carbonyl (C=O) groups is 2. The Morgan fingerprint density at radius 1 is 1.00 bits per heavy atom. The number of anilines is 1. The van der Waals surface area contributed by atoms with Crippen molar-refractivity contribution in [3.8, 4) is 0 Å². The first kappa shape index (κ1) is 31.4. The normalized spacial score (nSPS) is 12.2. The van der Waals surface area contributed by atoms with E-state index in [1.54, 1.807) is 52.0 Å². The Balaban J connectivity index is 2.10. The minimum atomic E-state index is -4.38. The van der Waals surface area contributed by atoms with E-state index in [-0.39, 0.29) is 34.6 Å². The first-order chi connectivity index (χ1) is 18.8. The third kappa shape index (κ3) is 7.53. The van der Waals surface area contributed by atoms with Crippen LogP contribution in [0.25, 0.3) is 0 Å². The molecular formula is C29H32Cl2FN3O4S. The first-order valence-corrected chi connectivity index (χ1v) is 14.9. The molecule has 0 fully saturated rings. The lowest BCUT2D eigenvalue weighted by Crippen LogP contribution is -2.53. The fraction of sp³-hybridized carbons (Fsp3) is 0.310. The van der Waals surface area contributed by atoms with Crippen LogP contribution in [-0.4, -0.2) is 43.8 Å². The van der Waals surface area contributed by atoms with E-state index in [1.807, 2.05) is 0 Å². The molecule has 0 aliphatic carbocycles. The summed E-state index contributed by atoms with van der Waals surface area (Å²) >= 11 is 12.4. The van der Waals surface area contributed by atoms with Gasteiger partial charge in [-0.15, -0.1) is 0 Å². The third-order valence-electron chi connectivity index (χ3n) is 6.18. The number of halogens is 3. The molecule has 214 valence electrons. The zero-order valence-corrected chi connectivity index (χ0v) is 25.0. The molecule has 3 aromatic carbocycles. The molecule has 40 heavy (non-hydrogen) atoms. The van der Waals surface area contributed by atoms with Gasteiger partial charge in [0, 0.05) is 22.6 Å². The Morgan fingerprint density at radius 2 is 1.65 bits per heavy atom. The predicted octanol–water partition coefficient (Wildman–Crippen LogP) is 5.97. The molecule has 2 amide bonds. The summed E-state index contributed by atoms with van der Waals surface area (Å²) in [4.78, 5) is 28.3. The van der Waals surface area contributed by atoms with Crippen molar-refractivity contribution in [1.82, 2.24) is 10.2 Å². The van der Waals surface area contributed by atoms with Gasteiger partial charge >= 0.3 is 0 Å². The van der Waals surface area contributed by atoms with E-state index in [2.05, 4.69) is 5.32 Å². The standard InChI is InChI=1S/C29H32Cl2FN3O4S/c1-5-26(29(37)33-19(2)3)34(17-21-12-13-22(30)16-24(21)31)28(36)18-35(27-9-7-6-8-25(27)32)40(38,39)23-14-10-20(4)11-15-23/h6-16,19,26H,5,17-18H2,1-4H3,(H,33,37)/t26-/m1/s1. The number of nitrogens with zero attached hydrogens (tertiary/aromatic N) is 2. The van der Waals surface area contributed by atoms with Gasteiger partial charge in [-0.25, -0.2) is 12.8 Å². The number of rotatable bonds is 11. The number of hydrogen-bond donors (Lipinski definition) is 1. The van der Waals surface area contributed by atoms with E-state index >= 15 is 4.39 Å². The Kier molecular flexibility index (Phi) is 10.6. The van der Waals surface area contributed by atoms with Crippen molar-refractivity contribution in [2.24, 2.45) is 0 Å². The van der Waals surface area contributed by atoms with E-state index in [9.17, 15) is 18.0 Å². The summed E-state index contributed by atoms with van der Waals surface area (Å²) in [6.07, 6.45) is 0.236. The Bertz CT molecular complexity index is 1470. The SMILES string of the molecule is CC[C@H](C(=O)NC(C)C)N(Cc1ccc(Cl)cc1Cl)C(=O)CN(c1ccccc1F)S(=O)(=O)c1ccc(C)cc1. The van der Waals surface area contributed by atoms with Gasteiger partial charge in [0.05, 0.1) is 10.6 Å². The molecule has 0 aliphatic heterocycles. The van der Waals surface area contributed by atoms with Crippen molar-refractivity contribution >= 4 is 50.7 Å². The topological polar surface area (TPSA) is 86.8 Å². The number of sulfonamides is 1. The third-order valence-corrected chi connectivity index (χ3v) is 8.54. The molecule has 0 saturated heterocycles. The van der Waals surface area contributed by atoms with Crippen LogP contribution in [0, 0.1) is 12.7 Å². The Labute approximate surface area is 244 Å². The molecule has 7 nitrogen and oxygen atoms in total. The van der Waals surface area contributed by atoms with Gasteiger partial charge in [0.25, 0.3) is 10.0 Å². The van der Waals surface area contributed by atoms with Gasteiger partial charge in [-0.05, 0) is 69.2 Å². The Hall–Kier alpha value is -3.14. The summed E-state index contributed by atoms with van der Waals surface area (Å²) in [6.45, 7) is 6.28. The lowest BCUT2D eigenvalue weighted by molar-refractivity contribution is -0.140. The molecule has 11 heteroatoms. The van der Waals surface area contributed by atoms with Gasteiger partial charge in [-0.3, -0.25) is 13.9 Å². The van der Waals surface area contributed by atoms with Gasteiger partial charge in [-0.2, -0.15) is 0 Å². The van der Waals surface area contributed by atoms with Gasteiger partial charge in [-0.1, -0.05) is 66.0 Å². The van der Waals surface area contributed by atoms with E-state index in [1.165, 1.54) is 41.3 Å². The number of carbonyl (C=O) groups excluding carboxylic acids is 2. The summed E-state index contributed by atoms with van der Waals surface area (Å²) < 4.78 is 43.3. The zero-order valence-electron chi connectivity index (χ0n) is 22.7. The minimum Gasteiger partial charge on any atom is -0.352 e. The maximum absolute atomic E-state index is 15.0. The second kappa shape index (κ2) is 13.5. The monoisotopic (exact) mass is 607 g/mol. The highest BCUT2D eigenvalue weighted by atomic mass is 35.5. The molecule has 3 rings (SSSR count).